The van der Waals surface area contributed by atoms with Crippen molar-refractivity contribution in [1.29, 1.82) is 0 Å². The maximum absolute atomic E-state index is 12.0. The fraction of sp³-hybridized carbons (Fsp3) is 0. The zero-order chi connectivity index (χ0) is 16.8. The molecule has 0 atom stereocenters. The molecule has 116 valence electrons. The summed E-state index contributed by atoms with van der Waals surface area (Å²) in [4.78, 5) is 12.0. The second kappa shape index (κ2) is 7.68. The Morgan fingerprint density at radius 2 is 1.04 bits per heavy atom. The summed E-state index contributed by atoms with van der Waals surface area (Å²) in [5, 5.41) is 0.896. The predicted molar refractivity (Wildman–Crippen MR) is 105 cm³/mol. The Hall–Kier alpha value is -2.76. The molecule has 3 aromatic rings. The van der Waals surface area contributed by atoms with Crippen molar-refractivity contribution in [1.82, 2.24) is 0 Å². The van der Waals surface area contributed by atoms with E-state index in [2.05, 4.69) is 8.86 Å². The molecular formula is C22H17OP. The molecule has 0 aromatic heterocycles. The fourth-order valence-electron chi connectivity index (χ4n) is 2.68. The minimum Gasteiger partial charge on any atom is -0.298 e. The van der Waals surface area contributed by atoms with Crippen LogP contribution in [0.5, 0.6) is 0 Å². The first kappa shape index (κ1) is 16.1. The summed E-state index contributed by atoms with van der Waals surface area (Å²) in [6.45, 7) is 0. The molecule has 0 N–H and O–H groups in total. The summed E-state index contributed by atoms with van der Waals surface area (Å²) < 4.78 is 0. The van der Waals surface area contributed by atoms with Crippen molar-refractivity contribution in [2.24, 2.45) is 0 Å². The first-order chi connectivity index (χ1) is 11.8. The van der Waals surface area contributed by atoms with E-state index in [9.17, 15) is 4.79 Å². The van der Waals surface area contributed by atoms with Crippen LogP contribution < -0.4 is 0 Å². The number of carbonyl (C=O) groups excluding carboxylic acids is 1. The monoisotopic (exact) mass is 328 g/mol. The largest absolute Gasteiger partial charge is 0.298 e. The topological polar surface area (TPSA) is 17.1 Å². The maximum atomic E-state index is 12.0. The zero-order valence-electron chi connectivity index (χ0n) is 13.1. The average molecular weight is 328 g/mol. The molecule has 0 saturated carbocycles. The van der Waals surface area contributed by atoms with E-state index in [-0.39, 0.29) is 0 Å². The van der Waals surface area contributed by atoms with Crippen molar-refractivity contribution in [2.75, 3.05) is 0 Å². The van der Waals surface area contributed by atoms with Gasteiger partial charge in [0, 0.05) is 16.4 Å². The molecule has 0 aliphatic rings. The molecule has 0 heterocycles. The van der Waals surface area contributed by atoms with E-state index in [1.54, 1.807) is 0 Å². The number of hydrogen-bond donors (Lipinski definition) is 0. The van der Waals surface area contributed by atoms with Crippen LogP contribution in [0.1, 0.15) is 16.7 Å². The Morgan fingerprint density at radius 1 is 0.625 bits per heavy atom. The van der Waals surface area contributed by atoms with Crippen LogP contribution >= 0.6 is 8.86 Å². The van der Waals surface area contributed by atoms with Gasteiger partial charge in [-0.3, -0.25) is 4.79 Å². The summed E-state index contributed by atoms with van der Waals surface area (Å²) in [5.41, 5.74) is 4.48. The summed E-state index contributed by atoms with van der Waals surface area (Å²) in [6, 6.07) is 29.7. The van der Waals surface area contributed by atoms with Crippen LogP contribution in [0.3, 0.4) is 0 Å². The number of carbonyl (C=O) groups is 1. The molecular weight excluding hydrogens is 311 g/mol. The second-order valence-electron chi connectivity index (χ2n) is 5.38. The standard InChI is InChI=1S/C22H17OP/c23-16-20(17-10-4-1-5-11-17)21(18-12-6-2-7-13-18)22(24)19-14-8-3-9-15-19/h1-16,24H. The lowest BCUT2D eigenvalue weighted by molar-refractivity contribution is -0.103. The molecule has 0 unspecified atom stereocenters. The molecule has 3 aromatic carbocycles. The molecule has 0 amide bonds. The van der Waals surface area contributed by atoms with Gasteiger partial charge in [-0.1, -0.05) is 91.0 Å². The van der Waals surface area contributed by atoms with Crippen LogP contribution in [-0.2, 0) is 4.79 Å². The van der Waals surface area contributed by atoms with E-state index in [1.165, 1.54) is 0 Å². The Morgan fingerprint density at radius 3 is 1.50 bits per heavy atom. The van der Waals surface area contributed by atoms with Gasteiger partial charge in [-0.05, 0) is 16.7 Å². The van der Waals surface area contributed by atoms with Gasteiger partial charge in [-0.2, -0.15) is 0 Å². The lowest BCUT2D eigenvalue weighted by Gasteiger charge is -2.15. The van der Waals surface area contributed by atoms with Gasteiger partial charge in [0.05, 0.1) is 0 Å². The molecule has 0 fully saturated rings. The molecule has 3 rings (SSSR count). The highest BCUT2D eigenvalue weighted by Gasteiger charge is 2.15. The second-order valence-corrected chi connectivity index (χ2v) is 5.88. The highest BCUT2D eigenvalue weighted by molar-refractivity contribution is 7.25. The minimum absolute atomic E-state index is 0.663. The van der Waals surface area contributed by atoms with Crippen molar-refractivity contribution in [3.05, 3.63) is 108 Å². The van der Waals surface area contributed by atoms with Crippen LogP contribution in [0.25, 0.3) is 11.1 Å². The molecule has 1 nitrogen and oxygen atoms in total. The fourth-order valence-corrected chi connectivity index (χ4v) is 3.12. The third-order valence-electron chi connectivity index (χ3n) is 3.85. The Labute approximate surface area is 144 Å². The molecule has 0 bridgehead atoms. The van der Waals surface area contributed by atoms with E-state index in [4.69, 9.17) is 0 Å². The highest BCUT2D eigenvalue weighted by Crippen LogP contribution is 2.29. The molecule has 24 heavy (non-hydrogen) atoms. The smallest absolute Gasteiger partial charge is 0.151 e. The SMILES string of the molecule is O=CC(=C(C(=P)c1ccccc1)c1ccccc1)c1ccccc1. The summed E-state index contributed by atoms with van der Waals surface area (Å²) in [5.74, 6) is 0. The molecule has 0 radical (unpaired) electrons. The molecule has 0 aliphatic carbocycles. The van der Waals surface area contributed by atoms with E-state index >= 15 is 0 Å². The highest BCUT2D eigenvalue weighted by atomic mass is 31.0. The van der Waals surface area contributed by atoms with E-state index in [1.807, 2.05) is 91.0 Å². The van der Waals surface area contributed by atoms with Gasteiger partial charge in [0.15, 0.2) is 6.29 Å². The Balaban J connectivity index is 2.24. The average Bonchev–Trinajstić information content (AvgIpc) is 2.67. The molecule has 0 aliphatic heterocycles. The Bertz CT molecular complexity index is 866. The van der Waals surface area contributed by atoms with Crippen LogP contribution in [0.2, 0.25) is 0 Å². The van der Waals surface area contributed by atoms with Gasteiger partial charge in [0.25, 0.3) is 0 Å². The van der Waals surface area contributed by atoms with Crippen molar-refractivity contribution < 1.29 is 4.79 Å². The van der Waals surface area contributed by atoms with E-state index in [0.29, 0.717) is 5.57 Å². The number of allylic oxidation sites excluding steroid dienone is 2. The maximum Gasteiger partial charge on any atom is 0.151 e. The van der Waals surface area contributed by atoms with Gasteiger partial charge in [-0.15, -0.1) is 8.86 Å². The first-order valence-electron chi connectivity index (χ1n) is 7.76. The summed E-state index contributed by atoms with van der Waals surface area (Å²) >= 11 is 0. The van der Waals surface area contributed by atoms with E-state index in [0.717, 1.165) is 33.8 Å². The van der Waals surface area contributed by atoms with Gasteiger partial charge in [0.2, 0.25) is 0 Å². The number of aldehydes is 1. The molecule has 0 saturated heterocycles. The number of hydrogen-bond acceptors (Lipinski definition) is 1. The predicted octanol–water partition coefficient (Wildman–Crippen LogP) is 5.16. The van der Waals surface area contributed by atoms with Crippen molar-refractivity contribution in [2.45, 2.75) is 0 Å². The first-order valence-corrected chi connectivity index (χ1v) is 8.26. The van der Waals surface area contributed by atoms with Gasteiger partial charge in [-0.25, -0.2) is 0 Å². The lowest BCUT2D eigenvalue weighted by Crippen LogP contribution is -2.05. The quantitative estimate of drug-likeness (QED) is 0.274. The summed E-state index contributed by atoms with van der Waals surface area (Å²) in [6.07, 6.45) is 0.931. The van der Waals surface area contributed by atoms with Crippen LogP contribution in [0.15, 0.2) is 91.0 Å². The van der Waals surface area contributed by atoms with Crippen LogP contribution in [-0.4, -0.2) is 11.6 Å². The van der Waals surface area contributed by atoms with E-state index < -0.39 is 0 Å². The van der Waals surface area contributed by atoms with Gasteiger partial charge in [0.1, 0.15) is 0 Å². The zero-order valence-corrected chi connectivity index (χ0v) is 14.1. The van der Waals surface area contributed by atoms with Crippen molar-refractivity contribution >= 4 is 31.6 Å². The van der Waals surface area contributed by atoms with Crippen molar-refractivity contribution in [3.8, 4) is 0 Å². The van der Waals surface area contributed by atoms with Crippen molar-refractivity contribution in [3.63, 3.8) is 0 Å². The van der Waals surface area contributed by atoms with Crippen LogP contribution in [0.4, 0.5) is 0 Å². The third kappa shape index (κ3) is 3.42. The van der Waals surface area contributed by atoms with Gasteiger partial charge < -0.3 is 0 Å². The van der Waals surface area contributed by atoms with Gasteiger partial charge >= 0.3 is 0 Å². The molecule has 2 heteroatoms. The normalized spacial score (nSPS) is 11.5. The number of rotatable bonds is 5. The lowest BCUT2D eigenvalue weighted by atomic mass is 9.90. The number of benzene rings is 3. The summed E-state index contributed by atoms with van der Waals surface area (Å²) in [7, 11) is 3.79. The third-order valence-corrected chi connectivity index (χ3v) is 4.39. The Kier molecular flexibility index (Phi) is 5.15. The van der Waals surface area contributed by atoms with Crippen LogP contribution in [0, 0.1) is 0 Å². The minimum atomic E-state index is 0.663. The molecule has 0 spiro atoms.